The van der Waals surface area contributed by atoms with Gasteiger partial charge in [-0.2, -0.15) is 0 Å². The highest BCUT2D eigenvalue weighted by atomic mass is 14.1. The molecule has 11 aromatic rings. The predicted octanol–water partition coefficient (Wildman–Crippen LogP) is 19.2. The fraction of sp³-hybridized carbons (Fsp3) is 0.0556. The van der Waals surface area contributed by atoms with Crippen LogP contribution in [0, 0.1) is 0 Å². The standard InChI is InChI=1S/3C10H8.4C9H8.C6H6/c3*1-2-6-10-8-4-3-7-9(10)5-1;4*1-2-5-9-7-3-6-8(9)4-1;1-2-4-6-5-3-1/h3*1-8H;4*1-6H,7H2;1-6H. The van der Waals surface area contributed by atoms with Crippen molar-refractivity contribution in [1.29, 1.82) is 0 Å². The van der Waals surface area contributed by atoms with Crippen LogP contribution in [0.2, 0.25) is 0 Å². The van der Waals surface area contributed by atoms with Gasteiger partial charge in [-0.1, -0.05) is 328 Å². The van der Waals surface area contributed by atoms with Crippen LogP contribution in [-0.4, -0.2) is 0 Å². The monoisotopic (exact) mass is 926 g/mol. The average Bonchev–Trinajstić information content (AvgIpc) is 4.34. The number of allylic oxidation sites excluding steroid dienone is 4. The summed E-state index contributed by atoms with van der Waals surface area (Å²) >= 11 is 0. The first kappa shape index (κ1) is 49.6. The minimum atomic E-state index is 1.12. The Hall–Kier alpha value is -8.84. The Kier molecular flexibility index (Phi) is 19.3. The maximum absolute atomic E-state index is 2.20. The topological polar surface area (TPSA) is 0 Å². The van der Waals surface area contributed by atoms with Gasteiger partial charge in [-0.3, -0.25) is 0 Å². The van der Waals surface area contributed by atoms with E-state index in [1.807, 2.05) is 36.4 Å². The summed E-state index contributed by atoms with van der Waals surface area (Å²) in [5.41, 5.74) is 11.4. The molecule has 0 N–H and O–H groups in total. The molecule has 4 aliphatic rings. The van der Waals surface area contributed by atoms with E-state index in [1.54, 1.807) is 0 Å². The van der Waals surface area contributed by atoms with E-state index in [2.05, 4.69) is 291 Å². The Morgan fingerprint density at radius 2 is 0.306 bits per heavy atom. The lowest BCUT2D eigenvalue weighted by Crippen LogP contribution is -1.76. The second-order valence-corrected chi connectivity index (χ2v) is 17.4. The summed E-state index contributed by atoms with van der Waals surface area (Å²) in [5.74, 6) is 0. The van der Waals surface area contributed by atoms with Crippen LogP contribution in [0.5, 0.6) is 0 Å². The van der Waals surface area contributed by atoms with Crippen molar-refractivity contribution in [2.75, 3.05) is 0 Å². The van der Waals surface area contributed by atoms with Crippen molar-refractivity contribution in [3.8, 4) is 0 Å². The molecule has 0 amide bonds. The van der Waals surface area contributed by atoms with Gasteiger partial charge in [-0.25, -0.2) is 0 Å². The quantitative estimate of drug-likeness (QED) is 0.142. The van der Waals surface area contributed by atoms with Gasteiger partial charge < -0.3 is 0 Å². The third-order valence-corrected chi connectivity index (χ3v) is 12.4. The fourth-order valence-corrected chi connectivity index (χ4v) is 8.57. The van der Waals surface area contributed by atoms with Gasteiger partial charge in [-0.15, -0.1) is 0 Å². The van der Waals surface area contributed by atoms with E-state index in [9.17, 15) is 0 Å². The highest BCUT2D eigenvalue weighted by Gasteiger charge is 2.03. The molecule has 350 valence electrons. The second kappa shape index (κ2) is 28.0. The molecule has 0 nitrogen and oxygen atoms in total. The molecule has 0 fully saturated rings. The molecule has 15 rings (SSSR count). The van der Waals surface area contributed by atoms with Crippen LogP contribution in [0.3, 0.4) is 0 Å². The number of benzene rings is 11. The third-order valence-electron chi connectivity index (χ3n) is 12.4. The largest absolute Gasteiger partial charge is 0.0795 e. The van der Waals surface area contributed by atoms with E-state index in [0.29, 0.717) is 0 Å². The normalized spacial score (nSPS) is 11.7. The fourth-order valence-electron chi connectivity index (χ4n) is 8.57. The molecule has 0 heteroatoms. The highest BCUT2D eigenvalue weighted by molar-refractivity contribution is 5.83. The van der Waals surface area contributed by atoms with Crippen molar-refractivity contribution in [1.82, 2.24) is 0 Å². The molecule has 0 radical (unpaired) electrons. The lowest BCUT2D eigenvalue weighted by Gasteiger charge is -1.93. The van der Waals surface area contributed by atoms with Gasteiger partial charge >= 0.3 is 0 Å². The summed E-state index contributed by atoms with van der Waals surface area (Å²) in [4.78, 5) is 0. The van der Waals surface area contributed by atoms with Crippen LogP contribution >= 0.6 is 0 Å². The Morgan fingerprint density at radius 3 is 0.472 bits per heavy atom. The molecule has 0 bridgehead atoms. The maximum atomic E-state index is 2.20. The number of hydrogen-bond donors (Lipinski definition) is 0. The van der Waals surface area contributed by atoms with Gasteiger partial charge in [0.2, 0.25) is 0 Å². The van der Waals surface area contributed by atoms with E-state index in [1.165, 1.54) is 76.8 Å². The molecule has 0 saturated carbocycles. The third kappa shape index (κ3) is 15.6. The van der Waals surface area contributed by atoms with Crippen molar-refractivity contribution < 1.29 is 0 Å². The Labute approximate surface area is 428 Å². The molecule has 72 heavy (non-hydrogen) atoms. The zero-order valence-corrected chi connectivity index (χ0v) is 41.0. The Bertz CT molecular complexity index is 2860. The van der Waals surface area contributed by atoms with Gasteiger partial charge in [0.25, 0.3) is 0 Å². The van der Waals surface area contributed by atoms with Gasteiger partial charge in [0.15, 0.2) is 0 Å². The van der Waals surface area contributed by atoms with Gasteiger partial charge in [0, 0.05) is 0 Å². The summed E-state index contributed by atoms with van der Waals surface area (Å²) in [7, 11) is 0. The minimum Gasteiger partial charge on any atom is -0.0795 e. The smallest absolute Gasteiger partial charge is 0.00882 e. The molecule has 0 unspecified atom stereocenters. The minimum absolute atomic E-state index is 1.12. The molecule has 0 aromatic heterocycles. The highest BCUT2D eigenvalue weighted by Crippen LogP contribution is 2.21. The second-order valence-electron chi connectivity index (χ2n) is 17.4. The van der Waals surface area contributed by atoms with Crippen molar-refractivity contribution >= 4 is 56.6 Å². The average molecular weight is 927 g/mol. The van der Waals surface area contributed by atoms with Gasteiger partial charge in [0.1, 0.15) is 0 Å². The molecule has 0 saturated heterocycles. The molecular weight excluding hydrogens is 865 g/mol. The Morgan fingerprint density at radius 1 is 0.153 bits per heavy atom. The molecule has 0 atom stereocenters. The molecular formula is C72H62. The van der Waals surface area contributed by atoms with Gasteiger partial charge in [-0.05, 0) is 103 Å². The Balaban J connectivity index is 0.000000110. The lowest BCUT2D eigenvalue weighted by atomic mass is 10.1. The predicted molar refractivity (Wildman–Crippen MR) is 315 cm³/mol. The van der Waals surface area contributed by atoms with Crippen LogP contribution < -0.4 is 0 Å². The van der Waals surface area contributed by atoms with E-state index >= 15 is 0 Å². The summed E-state index contributed by atoms with van der Waals surface area (Å²) in [5, 5.41) is 7.86. The SMILES string of the molecule is C1=Cc2ccccc2C1.C1=Cc2ccccc2C1.C1=Cc2ccccc2C1.C1=Cc2ccccc2C1.c1ccc2ccccc2c1.c1ccc2ccccc2c1.c1ccc2ccccc2c1.c1ccccc1. The van der Waals surface area contributed by atoms with Crippen molar-refractivity contribution in [2.45, 2.75) is 25.7 Å². The van der Waals surface area contributed by atoms with Crippen molar-refractivity contribution in [2.24, 2.45) is 0 Å². The van der Waals surface area contributed by atoms with E-state index < -0.39 is 0 Å². The first-order valence-corrected chi connectivity index (χ1v) is 25.1. The summed E-state index contributed by atoms with van der Waals surface area (Å²) in [6.45, 7) is 0. The first-order chi connectivity index (χ1) is 35.8. The number of rotatable bonds is 0. The first-order valence-electron chi connectivity index (χ1n) is 25.1. The summed E-state index contributed by atoms with van der Waals surface area (Å²) in [6, 6.07) is 96.1. The van der Waals surface area contributed by atoms with Crippen molar-refractivity contribution in [3.05, 3.63) is 348 Å². The number of fused-ring (bicyclic) bond motifs is 7. The summed E-state index contributed by atoms with van der Waals surface area (Å²) in [6.07, 6.45) is 22.0. The van der Waals surface area contributed by atoms with E-state index in [4.69, 9.17) is 0 Å². The van der Waals surface area contributed by atoms with E-state index in [0.717, 1.165) is 25.7 Å². The van der Waals surface area contributed by atoms with E-state index in [-0.39, 0.29) is 0 Å². The van der Waals surface area contributed by atoms with Crippen molar-refractivity contribution in [3.63, 3.8) is 0 Å². The van der Waals surface area contributed by atoms with Crippen LogP contribution in [0.1, 0.15) is 44.5 Å². The molecule has 11 aromatic carbocycles. The summed E-state index contributed by atoms with van der Waals surface area (Å²) < 4.78 is 0. The van der Waals surface area contributed by atoms with Crippen LogP contribution in [0.4, 0.5) is 0 Å². The lowest BCUT2D eigenvalue weighted by molar-refractivity contribution is 1.31. The van der Waals surface area contributed by atoms with Crippen LogP contribution in [0.15, 0.2) is 303 Å². The molecule has 0 aliphatic heterocycles. The zero-order valence-electron chi connectivity index (χ0n) is 41.0. The van der Waals surface area contributed by atoms with Crippen LogP contribution in [0.25, 0.3) is 56.6 Å². The zero-order chi connectivity index (χ0) is 49.1. The molecule has 4 aliphatic carbocycles. The van der Waals surface area contributed by atoms with Gasteiger partial charge in [0.05, 0.1) is 0 Å². The molecule has 0 heterocycles. The van der Waals surface area contributed by atoms with Crippen LogP contribution in [-0.2, 0) is 25.7 Å². The maximum Gasteiger partial charge on any atom is -0.00882 e. The molecule has 0 spiro atoms. The number of hydrogen-bond acceptors (Lipinski definition) is 0.